The van der Waals surface area contributed by atoms with Crippen molar-refractivity contribution in [1.82, 2.24) is 16.0 Å². The minimum absolute atomic E-state index is 0.604. The summed E-state index contributed by atoms with van der Waals surface area (Å²) in [5, 5.41) is 11.1. The molecule has 1 unspecified atom stereocenters. The van der Waals surface area contributed by atoms with Gasteiger partial charge >= 0.3 is 0 Å². The normalized spacial score (nSPS) is 17.5. The molecule has 0 aliphatic carbocycles. The van der Waals surface area contributed by atoms with Crippen molar-refractivity contribution in [2.75, 3.05) is 26.2 Å². The summed E-state index contributed by atoms with van der Waals surface area (Å²) < 4.78 is 0. The van der Waals surface area contributed by atoms with Gasteiger partial charge in [0.15, 0.2) is 0 Å². The predicted molar refractivity (Wildman–Crippen MR) is 112 cm³/mol. The highest BCUT2D eigenvalue weighted by atomic mass is 15.1. The molecule has 1 saturated heterocycles. The Kier molecular flexibility index (Phi) is 15.9. The van der Waals surface area contributed by atoms with Crippen molar-refractivity contribution in [2.24, 2.45) is 0 Å². The number of hydrogen-bond donors (Lipinski definition) is 3. The van der Waals surface area contributed by atoms with Gasteiger partial charge in [-0.2, -0.15) is 0 Å². The van der Waals surface area contributed by atoms with Gasteiger partial charge in [-0.3, -0.25) is 0 Å². The van der Waals surface area contributed by atoms with Crippen molar-refractivity contribution in [3.63, 3.8) is 0 Å². The van der Waals surface area contributed by atoms with Crippen LogP contribution in [0.3, 0.4) is 0 Å². The number of nitrogens with one attached hydrogen (secondary N) is 3. The Labute approximate surface area is 158 Å². The Morgan fingerprint density at radius 3 is 1.68 bits per heavy atom. The quantitative estimate of drug-likeness (QED) is 0.341. The summed E-state index contributed by atoms with van der Waals surface area (Å²) in [5.41, 5.74) is 0. The molecule has 0 aromatic heterocycles. The zero-order valence-electron chi connectivity index (χ0n) is 17.4. The summed E-state index contributed by atoms with van der Waals surface area (Å²) in [5.74, 6) is 0. The standard InChI is InChI=1S/C22H47N3/c1-3-5-7-8-9-10-11-12-14-16-21(15-13-6-4-2)25-22-19-23-17-18-24-20-22/h21-25H,3-20H2,1-2H3. The molecule has 0 aromatic rings. The molecule has 1 aliphatic rings. The maximum Gasteiger partial charge on any atom is 0.0319 e. The highest BCUT2D eigenvalue weighted by Gasteiger charge is 2.16. The Bertz CT molecular complexity index is 262. The van der Waals surface area contributed by atoms with Crippen LogP contribution in [0.2, 0.25) is 0 Å². The van der Waals surface area contributed by atoms with Crippen molar-refractivity contribution in [3.05, 3.63) is 0 Å². The summed E-state index contributed by atoms with van der Waals surface area (Å²) in [6.45, 7) is 9.06. The lowest BCUT2D eigenvalue weighted by atomic mass is 9.99. The van der Waals surface area contributed by atoms with Crippen molar-refractivity contribution in [3.8, 4) is 0 Å². The van der Waals surface area contributed by atoms with E-state index in [1.807, 2.05) is 0 Å². The van der Waals surface area contributed by atoms with Crippen LogP contribution in [0.15, 0.2) is 0 Å². The second-order valence-electron chi connectivity index (χ2n) is 8.08. The van der Waals surface area contributed by atoms with Crippen LogP contribution in [0.5, 0.6) is 0 Å². The molecule has 0 amide bonds. The van der Waals surface area contributed by atoms with Crippen LogP contribution in [0, 0.1) is 0 Å². The predicted octanol–water partition coefficient (Wildman–Crippen LogP) is 5.01. The maximum atomic E-state index is 3.96. The van der Waals surface area contributed by atoms with Gasteiger partial charge in [0.05, 0.1) is 0 Å². The summed E-state index contributed by atoms with van der Waals surface area (Å²) >= 11 is 0. The molecule has 3 N–H and O–H groups in total. The van der Waals surface area contributed by atoms with E-state index in [1.54, 1.807) is 0 Å². The van der Waals surface area contributed by atoms with Crippen molar-refractivity contribution >= 4 is 0 Å². The molecule has 3 nitrogen and oxygen atoms in total. The highest BCUT2D eigenvalue weighted by Crippen LogP contribution is 2.14. The molecule has 1 rings (SSSR count). The molecule has 1 heterocycles. The molecular formula is C22H47N3. The van der Waals surface area contributed by atoms with E-state index in [0.29, 0.717) is 6.04 Å². The third kappa shape index (κ3) is 13.7. The lowest BCUT2D eigenvalue weighted by Gasteiger charge is -2.25. The molecule has 1 atom stereocenters. The molecule has 25 heavy (non-hydrogen) atoms. The van der Waals surface area contributed by atoms with Crippen LogP contribution in [0.4, 0.5) is 0 Å². The second-order valence-corrected chi connectivity index (χ2v) is 8.08. The van der Waals surface area contributed by atoms with Crippen LogP contribution in [0.25, 0.3) is 0 Å². The van der Waals surface area contributed by atoms with E-state index >= 15 is 0 Å². The number of hydrogen-bond acceptors (Lipinski definition) is 3. The van der Waals surface area contributed by atoms with E-state index in [9.17, 15) is 0 Å². The Morgan fingerprint density at radius 2 is 1.12 bits per heavy atom. The summed E-state index contributed by atoms with van der Waals surface area (Å²) in [4.78, 5) is 0. The minimum atomic E-state index is 0.604. The van der Waals surface area contributed by atoms with Crippen molar-refractivity contribution in [2.45, 2.75) is 116 Å². The van der Waals surface area contributed by atoms with Crippen LogP contribution >= 0.6 is 0 Å². The molecule has 150 valence electrons. The zero-order chi connectivity index (χ0) is 18.0. The van der Waals surface area contributed by atoms with Gasteiger partial charge in [0.1, 0.15) is 0 Å². The molecule has 0 aromatic carbocycles. The van der Waals surface area contributed by atoms with Crippen LogP contribution in [0.1, 0.15) is 104 Å². The lowest BCUT2D eigenvalue weighted by Crippen LogP contribution is -2.47. The highest BCUT2D eigenvalue weighted by molar-refractivity contribution is 4.80. The van der Waals surface area contributed by atoms with Gasteiger partial charge in [0.25, 0.3) is 0 Å². The molecule has 0 radical (unpaired) electrons. The van der Waals surface area contributed by atoms with Gasteiger partial charge in [0, 0.05) is 38.3 Å². The summed E-state index contributed by atoms with van der Waals surface area (Å²) in [6.07, 6.45) is 19.7. The van der Waals surface area contributed by atoms with E-state index in [0.717, 1.165) is 32.2 Å². The van der Waals surface area contributed by atoms with Gasteiger partial charge in [-0.15, -0.1) is 0 Å². The number of rotatable bonds is 16. The average Bonchev–Trinajstić information content (AvgIpc) is 2.89. The van der Waals surface area contributed by atoms with Gasteiger partial charge in [-0.1, -0.05) is 90.9 Å². The van der Waals surface area contributed by atoms with Crippen molar-refractivity contribution < 1.29 is 0 Å². The first-order chi connectivity index (χ1) is 12.4. The second kappa shape index (κ2) is 17.3. The fourth-order valence-corrected chi connectivity index (χ4v) is 3.91. The lowest BCUT2D eigenvalue weighted by molar-refractivity contribution is 0.361. The molecular weight excluding hydrogens is 306 g/mol. The van der Waals surface area contributed by atoms with E-state index < -0.39 is 0 Å². The molecule has 0 spiro atoms. The molecule has 1 aliphatic heterocycles. The zero-order valence-corrected chi connectivity index (χ0v) is 17.4. The van der Waals surface area contributed by atoms with E-state index in [2.05, 4.69) is 29.8 Å². The SMILES string of the molecule is CCCCCCCCCCCC(CCCCC)NC1CNCCNC1. The van der Waals surface area contributed by atoms with Crippen molar-refractivity contribution in [1.29, 1.82) is 0 Å². The minimum Gasteiger partial charge on any atom is -0.314 e. The first-order valence-corrected chi connectivity index (χ1v) is 11.5. The summed E-state index contributed by atoms with van der Waals surface area (Å²) in [7, 11) is 0. The Morgan fingerprint density at radius 1 is 0.680 bits per heavy atom. The Balaban J connectivity index is 2.12. The summed E-state index contributed by atoms with van der Waals surface area (Å²) in [6, 6.07) is 1.33. The third-order valence-electron chi connectivity index (χ3n) is 5.54. The van der Waals surface area contributed by atoms with Gasteiger partial charge in [0.2, 0.25) is 0 Å². The molecule has 3 heteroatoms. The fraction of sp³-hybridized carbons (Fsp3) is 1.00. The molecule has 1 fully saturated rings. The molecule has 0 bridgehead atoms. The Hall–Kier alpha value is -0.120. The average molecular weight is 354 g/mol. The van der Waals surface area contributed by atoms with Crippen LogP contribution in [-0.4, -0.2) is 38.3 Å². The first-order valence-electron chi connectivity index (χ1n) is 11.5. The smallest absolute Gasteiger partial charge is 0.0319 e. The van der Waals surface area contributed by atoms with Crippen LogP contribution < -0.4 is 16.0 Å². The molecule has 0 saturated carbocycles. The maximum absolute atomic E-state index is 3.96. The topological polar surface area (TPSA) is 36.1 Å². The third-order valence-corrected chi connectivity index (χ3v) is 5.54. The number of unbranched alkanes of at least 4 members (excludes halogenated alkanes) is 10. The van der Waals surface area contributed by atoms with E-state index in [4.69, 9.17) is 0 Å². The van der Waals surface area contributed by atoms with Crippen LogP contribution in [-0.2, 0) is 0 Å². The van der Waals surface area contributed by atoms with Gasteiger partial charge in [-0.05, 0) is 12.8 Å². The first kappa shape index (κ1) is 22.9. The van der Waals surface area contributed by atoms with E-state index in [-0.39, 0.29) is 0 Å². The van der Waals surface area contributed by atoms with E-state index in [1.165, 1.54) is 89.9 Å². The largest absolute Gasteiger partial charge is 0.314 e. The fourth-order valence-electron chi connectivity index (χ4n) is 3.91. The van der Waals surface area contributed by atoms with Gasteiger partial charge in [-0.25, -0.2) is 0 Å². The monoisotopic (exact) mass is 353 g/mol. The van der Waals surface area contributed by atoms with Gasteiger partial charge < -0.3 is 16.0 Å².